The van der Waals surface area contributed by atoms with Gasteiger partial charge in [-0.05, 0) is 31.9 Å². The molecular formula is C22H27NO3. The lowest BCUT2D eigenvalue weighted by molar-refractivity contribution is -0.155. The molecule has 0 N–H and O–H groups in total. The Morgan fingerprint density at radius 2 is 1.38 bits per heavy atom. The second-order valence-electron chi connectivity index (χ2n) is 7.27. The van der Waals surface area contributed by atoms with Crippen molar-refractivity contribution in [3.63, 3.8) is 0 Å². The lowest BCUT2D eigenvalue weighted by Crippen LogP contribution is -2.36. The zero-order valence-corrected chi connectivity index (χ0v) is 15.9. The molecule has 26 heavy (non-hydrogen) atoms. The average molecular weight is 353 g/mol. The predicted octanol–water partition coefficient (Wildman–Crippen LogP) is 4.36. The number of carbonyl (C=O) groups excluding carboxylic acids is 2. The van der Waals surface area contributed by atoms with E-state index in [-0.39, 0.29) is 24.3 Å². The van der Waals surface area contributed by atoms with Crippen molar-refractivity contribution < 1.29 is 14.3 Å². The molecule has 0 aliphatic carbocycles. The van der Waals surface area contributed by atoms with Gasteiger partial charge in [-0.25, -0.2) is 0 Å². The van der Waals surface area contributed by atoms with Gasteiger partial charge in [-0.15, -0.1) is 0 Å². The predicted molar refractivity (Wildman–Crippen MR) is 103 cm³/mol. The van der Waals surface area contributed by atoms with Crippen molar-refractivity contribution in [2.75, 3.05) is 6.54 Å². The van der Waals surface area contributed by atoms with Gasteiger partial charge in [0.25, 0.3) is 0 Å². The Morgan fingerprint density at radius 3 is 1.77 bits per heavy atom. The van der Waals surface area contributed by atoms with Gasteiger partial charge in [0.2, 0.25) is 5.91 Å². The molecule has 0 atom stereocenters. The summed E-state index contributed by atoms with van der Waals surface area (Å²) in [6, 6.07) is 19.5. The monoisotopic (exact) mass is 353 g/mol. The summed E-state index contributed by atoms with van der Waals surface area (Å²) in [5.74, 6) is -0.380. The fourth-order valence-corrected chi connectivity index (χ4v) is 2.90. The molecule has 0 fully saturated rings. The Morgan fingerprint density at radius 1 is 0.923 bits per heavy atom. The number of hydrogen-bond acceptors (Lipinski definition) is 3. The lowest BCUT2D eigenvalue weighted by atomic mass is 9.96. The number of nitrogens with zero attached hydrogens (tertiary/aromatic N) is 1. The number of ether oxygens (including phenoxy) is 1. The third kappa shape index (κ3) is 5.73. The van der Waals surface area contributed by atoms with Crippen LogP contribution < -0.4 is 0 Å². The summed E-state index contributed by atoms with van der Waals surface area (Å²) in [5, 5.41) is 0. The van der Waals surface area contributed by atoms with E-state index in [1.54, 1.807) is 4.90 Å². The maximum atomic E-state index is 12.4. The number of rotatable bonds is 6. The molecule has 2 aromatic carbocycles. The summed E-state index contributed by atoms with van der Waals surface area (Å²) in [7, 11) is 0. The maximum Gasteiger partial charge on any atom is 0.308 e. The summed E-state index contributed by atoms with van der Waals surface area (Å²) in [5.41, 5.74) is 1.49. The van der Waals surface area contributed by atoms with Crippen LogP contribution in [-0.4, -0.2) is 28.9 Å². The summed E-state index contributed by atoms with van der Waals surface area (Å²) < 4.78 is 5.38. The van der Waals surface area contributed by atoms with Gasteiger partial charge >= 0.3 is 5.97 Å². The van der Waals surface area contributed by atoms with Crippen molar-refractivity contribution in [2.45, 2.75) is 45.8 Å². The number of amides is 1. The molecule has 0 heterocycles. The zero-order valence-electron chi connectivity index (χ0n) is 15.9. The molecule has 138 valence electrons. The third-order valence-corrected chi connectivity index (χ3v) is 3.92. The van der Waals surface area contributed by atoms with E-state index in [2.05, 4.69) is 0 Å². The van der Waals surface area contributed by atoms with Gasteiger partial charge in [-0.2, -0.15) is 0 Å². The van der Waals surface area contributed by atoms with E-state index in [0.29, 0.717) is 6.54 Å². The minimum absolute atomic E-state index is 0.0775. The van der Waals surface area contributed by atoms with E-state index in [0.717, 1.165) is 11.1 Å². The molecule has 4 heteroatoms. The molecular weight excluding hydrogens is 326 g/mol. The Labute approximate surface area is 155 Å². The molecule has 0 spiro atoms. The van der Waals surface area contributed by atoms with E-state index in [4.69, 9.17) is 4.74 Å². The minimum Gasteiger partial charge on any atom is -0.460 e. The van der Waals surface area contributed by atoms with E-state index >= 15 is 0 Å². The first kappa shape index (κ1) is 19.7. The lowest BCUT2D eigenvalue weighted by Gasteiger charge is -2.32. The molecule has 2 rings (SSSR count). The molecule has 0 aromatic heterocycles. The van der Waals surface area contributed by atoms with Crippen LogP contribution in [0.25, 0.3) is 0 Å². The number of carbonyl (C=O) groups is 2. The fraction of sp³-hybridized carbons (Fsp3) is 0.364. The van der Waals surface area contributed by atoms with Gasteiger partial charge < -0.3 is 9.64 Å². The quantitative estimate of drug-likeness (QED) is 0.725. The minimum atomic E-state index is -0.531. The molecule has 0 unspecified atom stereocenters. The maximum absolute atomic E-state index is 12.4. The van der Waals surface area contributed by atoms with Crippen molar-refractivity contribution in [2.24, 2.45) is 0 Å². The van der Waals surface area contributed by atoms with Gasteiger partial charge in [-0.1, -0.05) is 60.7 Å². The zero-order chi connectivity index (χ0) is 19.2. The van der Waals surface area contributed by atoms with Crippen molar-refractivity contribution in [3.8, 4) is 0 Å². The van der Waals surface area contributed by atoms with Crippen LogP contribution in [0.5, 0.6) is 0 Å². The van der Waals surface area contributed by atoms with Crippen molar-refractivity contribution in [3.05, 3.63) is 71.8 Å². The highest BCUT2D eigenvalue weighted by atomic mass is 16.6. The molecule has 1 amide bonds. The van der Waals surface area contributed by atoms with Crippen LogP contribution in [0.15, 0.2) is 60.7 Å². The summed E-state index contributed by atoms with van der Waals surface area (Å²) >= 11 is 0. The van der Waals surface area contributed by atoms with Crippen molar-refractivity contribution >= 4 is 11.9 Å². The molecule has 0 radical (unpaired) electrons. The Balaban J connectivity index is 2.27. The van der Waals surface area contributed by atoms with Crippen molar-refractivity contribution in [1.82, 2.24) is 4.90 Å². The van der Waals surface area contributed by atoms with Crippen LogP contribution in [0, 0.1) is 0 Å². The van der Waals surface area contributed by atoms with Gasteiger partial charge in [-0.3, -0.25) is 9.59 Å². The summed E-state index contributed by atoms with van der Waals surface area (Å²) in [6.07, 6.45) is 0.160. The second-order valence-corrected chi connectivity index (χ2v) is 7.27. The molecule has 0 saturated carbocycles. The number of hydrogen-bond donors (Lipinski definition) is 0. The fourth-order valence-electron chi connectivity index (χ4n) is 2.90. The molecule has 0 saturated heterocycles. The topological polar surface area (TPSA) is 46.6 Å². The standard InChI is InChI=1S/C22H27NO3/c1-17(24)23(16-15-20(25)26-22(2,3)4)21(18-11-7-5-8-12-18)19-13-9-6-10-14-19/h5-14,21H,15-16H2,1-4H3. The Hall–Kier alpha value is -2.62. The van der Waals surface area contributed by atoms with Crippen LogP contribution in [0.3, 0.4) is 0 Å². The van der Waals surface area contributed by atoms with Crippen LogP contribution in [0.2, 0.25) is 0 Å². The van der Waals surface area contributed by atoms with Crippen LogP contribution >= 0.6 is 0 Å². The van der Waals surface area contributed by atoms with E-state index < -0.39 is 5.60 Å². The van der Waals surface area contributed by atoms with Gasteiger partial charge in [0.15, 0.2) is 0 Å². The van der Waals surface area contributed by atoms with E-state index in [1.165, 1.54) is 6.92 Å². The number of esters is 1. The van der Waals surface area contributed by atoms with Crippen LogP contribution in [0.4, 0.5) is 0 Å². The normalized spacial score (nSPS) is 11.3. The highest BCUT2D eigenvalue weighted by molar-refractivity contribution is 5.76. The van der Waals surface area contributed by atoms with E-state index in [9.17, 15) is 9.59 Å². The molecule has 0 bridgehead atoms. The number of benzene rings is 2. The van der Waals surface area contributed by atoms with Crippen molar-refractivity contribution in [1.29, 1.82) is 0 Å². The molecule has 2 aromatic rings. The van der Waals surface area contributed by atoms with E-state index in [1.807, 2.05) is 81.4 Å². The first-order valence-corrected chi connectivity index (χ1v) is 8.87. The highest BCUT2D eigenvalue weighted by Gasteiger charge is 2.26. The highest BCUT2D eigenvalue weighted by Crippen LogP contribution is 2.29. The van der Waals surface area contributed by atoms with Gasteiger partial charge in [0, 0.05) is 13.5 Å². The van der Waals surface area contributed by atoms with Gasteiger partial charge in [0.1, 0.15) is 5.60 Å². The first-order chi connectivity index (χ1) is 12.3. The smallest absolute Gasteiger partial charge is 0.308 e. The summed E-state index contributed by atoms with van der Waals surface area (Å²) in [6.45, 7) is 7.35. The molecule has 0 aliphatic rings. The largest absolute Gasteiger partial charge is 0.460 e. The third-order valence-electron chi connectivity index (χ3n) is 3.92. The Kier molecular flexibility index (Phi) is 6.56. The average Bonchev–Trinajstić information content (AvgIpc) is 2.58. The molecule has 4 nitrogen and oxygen atoms in total. The SMILES string of the molecule is CC(=O)N(CCC(=O)OC(C)(C)C)C(c1ccccc1)c1ccccc1. The molecule has 0 aliphatic heterocycles. The second kappa shape index (κ2) is 8.65. The van der Waals surface area contributed by atoms with Crippen LogP contribution in [-0.2, 0) is 14.3 Å². The first-order valence-electron chi connectivity index (χ1n) is 8.87. The Bertz CT molecular complexity index is 681. The van der Waals surface area contributed by atoms with Crippen LogP contribution in [0.1, 0.15) is 51.3 Å². The summed E-state index contributed by atoms with van der Waals surface area (Å²) in [4.78, 5) is 26.3. The van der Waals surface area contributed by atoms with Gasteiger partial charge in [0.05, 0.1) is 12.5 Å².